The van der Waals surface area contributed by atoms with Crippen molar-refractivity contribution >= 4 is 36.1 Å². The summed E-state index contributed by atoms with van der Waals surface area (Å²) in [6.45, 7) is 0. The van der Waals surface area contributed by atoms with Gasteiger partial charge < -0.3 is 1.43 Å². The van der Waals surface area contributed by atoms with Gasteiger partial charge in [0.05, 0.1) is 0 Å². The third-order valence-electron chi connectivity index (χ3n) is 2.10. The van der Waals surface area contributed by atoms with E-state index in [1.165, 1.54) is 0 Å². The van der Waals surface area contributed by atoms with Crippen LogP contribution in [0.25, 0.3) is 0 Å². The molecule has 0 aromatic carbocycles. The molecule has 0 atom stereocenters. The Kier molecular flexibility index (Phi) is 7.85. The Bertz CT molecular complexity index is 848. The Morgan fingerprint density at radius 3 is 1.07 bits per heavy atom. The van der Waals surface area contributed by atoms with E-state index in [4.69, 9.17) is 0 Å². The average Bonchev–Trinajstić information content (AvgIpc) is 2.32. The SMILES string of the molecule is CN(C(=O)N(S(=O)(=O)C(F)(F)F)S(=O)(=O)C(F)(F)F)S(=O)(=O)C(F)(F)F.[H-].[Li+]. The number of amides is 2. The van der Waals surface area contributed by atoms with Crippen LogP contribution in [0.5, 0.6) is 0 Å². The minimum atomic E-state index is -7.83. The fourth-order valence-corrected chi connectivity index (χ4v) is 4.17. The number of rotatable bonds is 3. The molecule has 0 saturated heterocycles. The summed E-state index contributed by atoms with van der Waals surface area (Å²) < 4.78 is 171. The third kappa shape index (κ3) is 4.93. The van der Waals surface area contributed by atoms with Gasteiger partial charge in [-0.2, -0.15) is 64.8 Å². The van der Waals surface area contributed by atoms with Crippen LogP contribution in [0.2, 0.25) is 0 Å². The zero-order valence-electron chi connectivity index (χ0n) is 13.4. The fourth-order valence-electron chi connectivity index (χ4n) is 0.896. The molecule has 0 spiro atoms. The molecule has 0 radical (unpaired) electrons. The molecule has 2 amide bonds. The van der Waals surface area contributed by atoms with E-state index < -0.39 is 67.7 Å². The molecule has 0 aromatic heterocycles. The smallest absolute Gasteiger partial charge is 1.00 e. The molecule has 0 saturated carbocycles. The quantitative estimate of drug-likeness (QED) is 0.340. The molecule has 0 unspecified atom stereocenters. The molecule has 0 rings (SSSR count). The van der Waals surface area contributed by atoms with E-state index in [1.54, 1.807) is 0 Å². The fraction of sp³-hybridized carbons (Fsp3) is 0.800. The van der Waals surface area contributed by atoms with Gasteiger partial charge in [-0.3, -0.25) is 0 Å². The summed E-state index contributed by atoms with van der Waals surface area (Å²) in [4.78, 5) is 11.3. The molecule has 9 nitrogen and oxygen atoms in total. The third-order valence-corrected chi connectivity index (χ3v) is 7.10. The number of halogens is 9. The molecule has 0 aliphatic carbocycles. The van der Waals surface area contributed by atoms with Crippen molar-refractivity contribution < 1.29 is 89.8 Å². The molecular formula is C5H4F9LiN2O7S3. The first kappa shape index (κ1) is 28.3. The van der Waals surface area contributed by atoms with E-state index in [1.807, 2.05) is 0 Å². The second-order valence-electron chi connectivity index (χ2n) is 3.80. The predicted molar refractivity (Wildman–Crippen MR) is 61.0 cm³/mol. The van der Waals surface area contributed by atoms with Crippen LogP contribution in [0.1, 0.15) is 1.43 Å². The minimum absolute atomic E-state index is 0. The van der Waals surface area contributed by atoms with E-state index in [0.717, 1.165) is 0 Å². The zero-order chi connectivity index (χ0) is 21.7. The summed E-state index contributed by atoms with van der Waals surface area (Å²) in [5, 5.41) is 0. The van der Waals surface area contributed by atoms with Crippen molar-refractivity contribution in [2.45, 2.75) is 16.5 Å². The van der Waals surface area contributed by atoms with Crippen LogP contribution in [0.3, 0.4) is 0 Å². The maximum Gasteiger partial charge on any atom is 1.00 e. The van der Waals surface area contributed by atoms with Gasteiger partial charge >= 0.3 is 71.5 Å². The molecule has 27 heavy (non-hydrogen) atoms. The normalized spacial score (nSPS) is 14.3. The van der Waals surface area contributed by atoms with E-state index >= 15 is 0 Å². The Morgan fingerprint density at radius 2 is 0.889 bits per heavy atom. The van der Waals surface area contributed by atoms with E-state index in [2.05, 4.69) is 0 Å². The van der Waals surface area contributed by atoms with Gasteiger partial charge in [0.25, 0.3) is 0 Å². The second kappa shape index (κ2) is 7.49. The van der Waals surface area contributed by atoms with Crippen LogP contribution in [0.15, 0.2) is 0 Å². The molecule has 0 aromatic rings. The molecule has 158 valence electrons. The van der Waals surface area contributed by atoms with Crippen LogP contribution >= 0.6 is 0 Å². The van der Waals surface area contributed by atoms with Crippen LogP contribution in [0.4, 0.5) is 44.3 Å². The summed E-state index contributed by atoms with van der Waals surface area (Å²) in [6, 6.07) is -3.82. The zero-order valence-corrected chi connectivity index (χ0v) is 14.8. The monoisotopic (exact) mass is 478 g/mol. The number of alkyl halides is 9. The number of carbonyl (C=O) groups excluding carboxylic acids is 1. The Hall–Kier alpha value is -0.913. The summed E-state index contributed by atoms with van der Waals surface area (Å²) in [7, 11) is -23.3. The van der Waals surface area contributed by atoms with E-state index in [-0.39, 0.29) is 20.3 Å². The summed E-state index contributed by atoms with van der Waals surface area (Å²) in [5.41, 5.74) is -20.4. The maximum absolute atomic E-state index is 12.4. The van der Waals surface area contributed by atoms with Crippen molar-refractivity contribution in [1.29, 1.82) is 0 Å². The largest absolute Gasteiger partial charge is 1.00 e. The first-order valence-corrected chi connectivity index (χ1v) is 9.28. The van der Waals surface area contributed by atoms with Crippen molar-refractivity contribution in [3.8, 4) is 0 Å². The summed E-state index contributed by atoms with van der Waals surface area (Å²) >= 11 is 0. The van der Waals surface area contributed by atoms with Crippen molar-refractivity contribution in [2.24, 2.45) is 0 Å². The summed E-state index contributed by atoms with van der Waals surface area (Å²) in [5.74, 6) is 0. The molecule has 0 aliphatic heterocycles. The van der Waals surface area contributed by atoms with Gasteiger partial charge in [-0.05, 0) is 0 Å². The molecule has 0 heterocycles. The maximum atomic E-state index is 12.4. The number of hydrogen-bond donors (Lipinski definition) is 0. The molecule has 0 aliphatic rings. The van der Waals surface area contributed by atoms with Crippen LogP contribution in [-0.4, -0.2) is 62.9 Å². The van der Waals surface area contributed by atoms with Crippen molar-refractivity contribution in [1.82, 2.24) is 8.02 Å². The minimum Gasteiger partial charge on any atom is -1.00 e. The van der Waals surface area contributed by atoms with Crippen molar-refractivity contribution in [3.05, 3.63) is 0 Å². The molecule has 0 bridgehead atoms. The van der Waals surface area contributed by atoms with Crippen LogP contribution < -0.4 is 18.9 Å². The van der Waals surface area contributed by atoms with Gasteiger partial charge in [0.15, 0.2) is 0 Å². The molecule has 0 fully saturated rings. The number of urea groups is 1. The first-order chi connectivity index (χ1) is 10.9. The van der Waals surface area contributed by atoms with Gasteiger partial charge in [-0.1, -0.05) is 3.71 Å². The number of hydrogen-bond acceptors (Lipinski definition) is 7. The molecule has 22 heteroatoms. The number of sulfonamides is 3. The van der Waals surface area contributed by atoms with Gasteiger partial charge in [0, 0.05) is 7.05 Å². The van der Waals surface area contributed by atoms with Gasteiger partial charge in [0.1, 0.15) is 0 Å². The first-order valence-electron chi connectivity index (χ1n) is 4.96. The van der Waals surface area contributed by atoms with Crippen molar-refractivity contribution in [2.75, 3.05) is 7.05 Å². The number of nitrogens with zero attached hydrogens (tertiary/aromatic N) is 2. The van der Waals surface area contributed by atoms with E-state index in [0.29, 0.717) is 0 Å². The Balaban J connectivity index is -0.00000312. The van der Waals surface area contributed by atoms with Crippen molar-refractivity contribution in [3.63, 3.8) is 0 Å². The predicted octanol–water partition coefficient (Wildman–Crippen LogP) is -1.99. The topological polar surface area (TPSA) is 126 Å². The summed E-state index contributed by atoms with van der Waals surface area (Å²) in [6.07, 6.45) is 0. The standard InChI is InChI=1S/C5H3F9N2O7S3.Li.H/c1-15(24(18,19)3(6,7)8)2(17)16(25(20,21)4(9,10)11)26(22,23)5(12,13)14;;/h1H3;;/q;+1;-1. The Labute approximate surface area is 157 Å². The van der Waals surface area contributed by atoms with E-state index in [9.17, 15) is 69.6 Å². The second-order valence-corrected chi connectivity index (χ2v) is 9.55. The molecular weight excluding hydrogens is 474 g/mol. The average molecular weight is 478 g/mol. The van der Waals surface area contributed by atoms with Crippen LogP contribution in [0, 0.1) is 0 Å². The van der Waals surface area contributed by atoms with Gasteiger partial charge in [-0.15, -0.1) is 0 Å². The molecule has 0 N–H and O–H groups in total. The van der Waals surface area contributed by atoms with Gasteiger partial charge in [0.2, 0.25) is 0 Å². The Morgan fingerprint density at radius 1 is 0.667 bits per heavy atom. The van der Waals surface area contributed by atoms with Crippen LogP contribution in [-0.2, 0) is 30.1 Å². The van der Waals surface area contributed by atoms with Gasteiger partial charge in [-0.25, -0.2) is 9.10 Å². The number of carbonyl (C=O) groups is 1.